The van der Waals surface area contributed by atoms with E-state index in [1.165, 1.54) is 0 Å². The maximum atomic E-state index is 5.39. The van der Waals surface area contributed by atoms with Gasteiger partial charge in [0.2, 0.25) is 0 Å². The highest BCUT2D eigenvalue weighted by atomic mass is 16.3. The molecule has 1 aromatic rings. The Kier molecular flexibility index (Phi) is 2.13. The molecule has 1 unspecified atom stereocenters. The van der Waals surface area contributed by atoms with Crippen LogP contribution in [0.15, 0.2) is 10.7 Å². The second-order valence-electron chi connectivity index (χ2n) is 3.22. The van der Waals surface area contributed by atoms with Crippen molar-refractivity contribution in [3.8, 4) is 0 Å². The number of nitrogens with zero attached hydrogens (tertiary/aromatic N) is 1. The Morgan fingerprint density at radius 3 is 3.25 bits per heavy atom. The van der Waals surface area contributed by atoms with Gasteiger partial charge in [0.15, 0.2) is 5.89 Å². The highest BCUT2D eigenvalue weighted by molar-refractivity contribution is 5.02. The minimum atomic E-state index is 0.505. The molecule has 3 nitrogen and oxygen atoms in total. The molecule has 12 heavy (non-hydrogen) atoms. The number of aromatic nitrogens is 1. The fourth-order valence-corrected chi connectivity index (χ4v) is 1.54. The van der Waals surface area contributed by atoms with Gasteiger partial charge < -0.3 is 9.73 Å². The third kappa shape index (κ3) is 1.37. The van der Waals surface area contributed by atoms with Crippen LogP contribution >= 0.6 is 0 Å². The molecule has 1 N–H and O–H groups in total. The summed E-state index contributed by atoms with van der Waals surface area (Å²) in [6.45, 7) is 4.20. The molecule has 0 saturated carbocycles. The number of aryl methyl sites for hydroxylation is 1. The van der Waals surface area contributed by atoms with E-state index in [9.17, 15) is 0 Å². The van der Waals surface area contributed by atoms with Crippen LogP contribution < -0.4 is 5.32 Å². The van der Waals surface area contributed by atoms with Gasteiger partial charge in [-0.2, -0.15) is 0 Å². The van der Waals surface area contributed by atoms with E-state index in [0.717, 1.165) is 37.5 Å². The monoisotopic (exact) mass is 166 g/mol. The van der Waals surface area contributed by atoms with Crippen molar-refractivity contribution in [2.24, 2.45) is 0 Å². The first-order valence-electron chi connectivity index (χ1n) is 4.55. The van der Waals surface area contributed by atoms with E-state index in [1.807, 2.05) is 0 Å². The van der Waals surface area contributed by atoms with E-state index in [4.69, 9.17) is 4.42 Å². The average molecular weight is 166 g/mol. The third-order valence-electron chi connectivity index (χ3n) is 2.34. The van der Waals surface area contributed by atoms with Crippen molar-refractivity contribution in [2.75, 3.05) is 13.1 Å². The Morgan fingerprint density at radius 2 is 2.67 bits per heavy atom. The van der Waals surface area contributed by atoms with Gasteiger partial charge in [-0.05, 0) is 19.4 Å². The topological polar surface area (TPSA) is 38.1 Å². The summed E-state index contributed by atoms with van der Waals surface area (Å²) in [5.74, 6) is 1.42. The molecule has 1 aliphatic rings. The van der Waals surface area contributed by atoms with Crippen molar-refractivity contribution < 1.29 is 4.42 Å². The molecule has 2 rings (SSSR count). The lowest BCUT2D eigenvalue weighted by Gasteiger charge is -1.99. The van der Waals surface area contributed by atoms with E-state index < -0.39 is 0 Å². The number of nitrogens with one attached hydrogen (secondary N) is 1. The zero-order valence-corrected chi connectivity index (χ0v) is 7.34. The van der Waals surface area contributed by atoms with Crippen molar-refractivity contribution in [1.82, 2.24) is 10.3 Å². The van der Waals surface area contributed by atoms with Crippen LogP contribution in [0.2, 0.25) is 0 Å². The molecule has 1 atom stereocenters. The lowest BCUT2D eigenvalue weighted by atomic mass is 10.1. The van der Waals surface area contributed by atoms with E-state index in [2.05, 4.69) is 17.2 Å². The quantitative estimate of drug-likeness (QED) is 0.720. The van der Waals surface area contributed by atoms with Crippen molar-refractivity contribution in [3.63, 3.8) is 0 Å². The van der Waals surface area contributed by atoms with Gasteiger partial charge in [0.1, 0.15) is 6.26 Å². The molecule has 0 aliphatic carbocycles. The summed E-state index contributed by atoms with van der Waals surface area (Å²) >= 11 is 0. The van der Waals surface area contributed by atoms with Crippen LogP contribution in [0.1, 0.15) is 30.8 Å². The minimum Gasteiger partial charge on any atom is -0.448 e. The fraction of sp³-hybridized carbons (Fsp3) is 0.667. The number of hydrogen-bond donors (Lipinski definition) is 1. The van der Waals surface area contributed by atoms with Gasteiger partial charge in [0.05, 0.1) is 5.69 Å². The molecule has 1 saturated heterocycles. The lowest BCUT2D eigenvalue weighted by molar-refractivity contribution is 0.457. The Bertz CT molecular complexity index is 251. The molecular formula is C9H14N2O. The molecule has 1 aliphatic heterocycles. The molecule has 0 spiro atoms. The van der Waals surface area contributed by atoms with E-state index in [0.29, 0.717) is 5.92 Å². The summed E-state index contributed by atoms with van der Waals surface area (Å²) in [6, 6.07) is 0. The molecule has 0 bridgehead atoms. The zero-order chi connectivity index (χ0) is 8.39. The summed E-state index contributed by atoms with van der Waals surface area (Å²) in [6.07, 6.45) is 3.89. The normalized spacial score (nSPS) is 23.2. The predicted octanol–water partition coefficient (Wildman–Crippen LogP) is 1.31. The van der Waals surface area contributed by atoms with Crippen LogP contribution in [0.4, 0.5) is 0 Å². The Hall–Kier alpha value is -0.830. The number of rotatable bonds is 2. The van der Waals surface area contributed by atoms with Gasteiger partial charge in [-0.25, -0.2) is 4.98 Å². The number of oxazole rings is 1. The standard InChI is InChI=1S/C9H14N2O/c1-2-8-6-12-9(11-8)7-3-4-10-5-7/h6-7,10H,2-5H2,1H3. The van der Waals surface area contributed by atoms with Crippen LogP contribution in [-0.4, -0.2) is 18.1 Å². The first kappa shape index (κ1) is 7.80. The smallest absolute Gasteiger partial charge is 0.198 e. The summed E-state index contributed by atoms with van der Waals surface area (Å²) in [5.41, 5.74) is 1.07. The zero-order valence-electron chi connectivity index (χ0n) is 7.34. The summed E-state index contributed by atoms with van der Waals surface area (Å²) in [5, 5.41) is 3.30. The third-order valence-corrected chi connectivity index (χ3v) is 2.34. The largest absolute Gasteiger partial charge is 0.448 e. The molecule has 0 amide bonds. The average Bonchev–Trinajstić information content (AvgIpc) is 2.75. The summed E-state index contributed by atoms with van der Waals surface area (Å²) in [4.78, 5) is 4.40. The predicted molar refractivity (Wildman–Crippen MR) is 46.1 cm³/mol. The van der Waals surface area contributed by atoms with Gasteiger partial charge >= 0.3 is 0 Å². The second kappa shape index (κ2) is 3.27. The molecule has 3 heteroatoms. The molecule has 1 aromatic heterocycles. The van der Waals surface area contributed by atoms with Gasteiger partial charge in [-0.15, -0.1) is 0 Å². The highest BCUT2D eigenvalue weighted by Gasteiger charge is 2.20. The van der Waals surface area contributed by atoms with Crippen LogP contribution in [0.25, 0.3) is 0 Å². The maximum absolute atomic E-state index is 5.39. The van der Waals surface area contributed by atoms with Crippen molar-refractivity contribution >= 4 is 0 Å². The fourth-order valence-electron chi connectivity index (χ4n) is 1.54. The van der Waals surface area contributed by atoms with Gasteiger partial charge in [-0.3, -0.25) is 0 Å². The second-order valence-corrected chi connectivity index (χ2v) is 3.22. The molecular weight excluding hydrogens is 152 g/mol. The molecule has 0 radical (unpaired) electrons. The SMILES string of the molecule is CCc1coc(C2CCNC2)n1. The maximum Gasteiger partial charge on any atom is 0.198 e. The van der Waals surface area contributed by atoms with Crippen LogP contribution in [-0.2, 0) is 6.42 Å². The van der Waals surface area contributed by atoms with Crippen LogP contribution in [0, 0.1) is 0 Å². The van der Waals surface area contributed by atoms with Crippen LogP contribution in [0.5, 0.6) is 0 Å². The van der Waals surface area contributed by atoms with Crippen molar-refractivity contribution in [2.45, 2.75) is 25.7 Å². The molecule has 2 heterocycles. The molecule has 66 valence electrons. The Balaban J connectivity index is 2.11. The molecule has 1 fully saturated rings. The van der Waals surface area contributed by atoms with Gasteiger partial charge in [-0.1, -0.05) is 6.92 Å². The first-order valence-corrected chi connectivity index (χ1v) is 4.55. The molecule has 0 aromatic carbocycles. The minimum absolute atomic E-state index is 0.505. The summed E-state index contributed by atoms with van der Waals surface area (Å²) < 4.78 is 5.39. The number of hydrogen-bond acceptors (Lipinski definition) is 3. The summed E-state index contributed by atoms with van der Waals surface area (Å²) in [7, 11) is 0. The van der Waals surface area contributed by atoms with Crippen LogP contribution in [0.3, 0.4) is 0 Å². The first-order chi connectivity index (χ1) is 5.90. The van der Waals surface area contributed by atoms with E-state index in [-0.39, 0.29) is 0 Å². The van der Waals surface area contributed by atoms with Crippen molar-refractivity contribution in [3.05, 3.63) is 17.8 Å². The Morgan fingerprint density at radius 1 is 1.75 bits per heavy atom. The van der Waals surface area contributed by atoms with E-state index >= 15 is 0 Å². The lowest BCUT2D eigenvalue weighted by Crippen LogP contribution is -2.08. The van der Waals surface area contributed by atoms with Gasteiger partial charge in [0, 0.05) is 12.5 Å². The Labute approximate surface area is 72.2 Å². The van der Waals surface area contributed by atoms with Crippen molar-refractivity contribution in [1.29, 1.82) is 0 Å². The van der Waals surface area contributed by atoms with E-state index in [1.54, 1.807) is 6.26 Å². The highest BCUT2D eigenvalue weighted by Crippen LogP contribution is 2.21. The van der Waals surface area contributed by atoms with Gasteiger partial charge in [0.25, 0.3) is 0 Å².